The number of aromatic nitrogens is 3. The lowest BCUT2D eigenvalue weighted by atomic mass is 10.1. The summed E-state index contributed by atoms with van der Waals surface area (Å²) in [7, 11) is 0. The van der Waals surface area contributed by atoms with E-state index in [1.54, 1.807) is 6.20 Å². The fourth-order valence-corrected chi connectivity index (χ4v) is 2.55. The summed E-state index contributed by atoms with van der Waals surface area (Å²) in [6.07, 6.45) is 4.77. The van der Waals surface area contributed by atoms with Crippen molar-refractivity contribution < 1.29 is 0 Å². The van der Waals surface area contributed by atoms with Crippen molar-refractivity contribution in [3.05, 3.63) is 48.3 Å². The van der Waals surface area contributed by atoms with Crippen LogP contribution in [-0.2, 0) is 6.42 Å². The first-order chi connectivity index (χ1) is 11.0. The minimum Gasteiger partial charge on any atom is -0.365 e. The van der Waals surface area contributed by atoms with Crippen LogP contribution in [0.4, 0.5) is 11.8 Å². The summed E-state index contributed by atoms with van der Waals surface area (Å²) >= 11 is 0. The Morgan fingerprint density at radius 3 is 2.78 bits per heavy atom. The molecule has 5 nitrogen and oxygen atoms in total. The molecule has 120 valence electrons. The fourth-order valence-electron chi connectivity index (χ4n) is 2.55. The van der Waals surface area contributed by atoms with Crippen molar-refractivity contribution in [1.29, 1.82) is 0 Å². The Kier molecular flexibility index (Phi) is 4.19. The Hall–Kier alpha value is -2.56. The summed E-state index contributed by atoms with van der Waals surface area (Å²) in [5, 5.41) is 7.93. The molecule has 5 heteroatoms. The van der Waals surface area contributed by atoms with Crippen molar-refractivity contribution in [3.8, 4) is 0 Å². The second-order valence-corrected chi connectivity index (χ2v) is 6.68. The van der Waals surface area contributed by atoms with E-state index in [0.29, 0.717) is 5.95 Å². The van der Waals surface area contributed by atoms with Gasteiger partial charge >= 0.3 is 0 Å². The molecule has 0 saturated carbocycles. The van der Waals surface area contributed by atoms with Crippen LogP contribution in [0, 0.1) is 0 Å². The maximum Gasteiger partial charge on any atom is 0.224 e. The van der Waals surface area contributed by atoms with E-state index in [4.69, 9.17) is 0 Å². The number of nitrogens with zero attached hydrogens (tertiary/aromatic N) is 2. The Morgan fingerprint density at radius 2 is 1.96 bits per heavy atom. The molecular formula is C18H23N5. The molecule has 0 saturated heterocycles. The Morgan fingerprint density at radius 1 is 1.13 bits per heavy atom. The molecule has 0 spiro atoms. The smallest absolute Gasteiger partial charge is 0.224 e. The van der Waals surface area contributed by atoms with Gasteiger partial charge in [-0.3, -0.25) is 0 Å². The van der Waals surface area contributed by atoms with E-state index < -0.39 is 0 Å². The lowest BCUT2D eigenvalue weighted by Gasteiger charge is -2.21. The molecule has 2 aromatic heterocycles. The number of benzene rings is 1. The van der Waals surface area contributed by atoms with Gasteiger partial charge in [0.25, 0.3) is 0 Å². The first-order valence-electron chi connectivity index (χ1n) is 7.91. The number of hydrogen-bond acceptors (Lipinski definition) is 4. The summed E-state index contributed by atoms with van der Waals surface area (Å²) in [5.41, 5.74) is 2.46. The summed E-state index contributed by atoms with van der Waals surface area (Å²) in [6, 6.07) is 10.2. The van der Waals surface area contributed by atoms with Gasteiger partial charge in [0.1, 0.15) is 5.82 Å². The minimum absolute atomic E-state index is 0.0182. The molecule has 0 aliphatic heterocycles. The molecule has 0 fully saturated rings. The first kappa shape index (κ1) is 15.3. The van der Waals surface area contributed by atoms with Gasteiger partial charge in [0, 0.05) is 35.4 Å². The standard InChI is InChI=1S/C18H23N5/c1-18(2,3)23-16-9-11-20-17(22-16)19-10-8-13-12-21-15-7-5-4-6-14(13)15/h4-7,9,11-12,21H,8,10H2,1-3H3,(H2,19,20,22,23). The number of rotatable bonds is 5. The largest absolute Gasteiger partial charge is 0.365 e. The van der Waals surface area contributed by atoms with Gasteiger partial charge in [-0.05, 0) is 44.9 Å². The Bertz CT molecular complexity index is 785. The lowest BCUT2D eigenvalue weighted by Crippen LogP contribution is -2.26. The van der Waals surface area contributed by atoms with Gasteiger partial charge in [-0.2, -0.15) is 4.98 Å². The molecule has 3 aromatic rings. The number of H-pyrrole nitrogens is 1. The predicted octanol–water partition coefficient (Wildman–Crippen LogP) is 3.82. The molecule has 1 aromatic carbocycles. The van der Waals surface area contributed by atoms with E-state index in [2.05, 4.69) is 70.8 Å². The topological polar surface area (TPSA) is 65.6 Å². The fraction of sp³-hybridized carbons (Fsp3) is 0.333. The van der Waals surface area contributed by atoms with Crippen LogP contribution in [0.1, 0.15) is 26.3 Å². The van der Waals surface area contributed by atoms with Gasteiger partial charge in [-0.15, -0.1) is 0 Å². The zero-order valence-corrected chi connectivity index (χ0v) is 13.9. The molecule has 3 rings (SSSR count). The van der Waals surface area contributed by atoms with Crippen LogP contribution in [0.3, 0.4) is 0 Å². The zero-order chi connectivity index (χ0) is 16.3. The van der Waals surface area contributed by atoms with Crippen LogP contribution in [0.25, 0.3) is 10.9 Å². The highest BCUT2D eigenvalue weighted by Crippen LogP contribution is 2.18. The molecule has 3 N–H and O–H groups in total. The number of para-hydroxylation sites is 1. The third-order valence-corrected chi connectivity index (χ3v) is 3.51. The number of hydrogen-bond donors (Lipinski definition) is 3. The number of anilines is 2. The van der Waals surface area contributed by atoms with Gasteiger partial charge in [0.2, 0.25) is 5.95 Å². The molecule has 0 amide bonds. The van der Waals surface area contributed by atoms with Crippen molar-refractivity contribution >= 4 is 22.7 Å². The third kappa shape index (κ3) is 4.00. The second-order valence-electron chi connectivity index (χ2n) is 6.68. The predicted molar refractivity (Wildman–Crippen MR) is 95.9 cm³/mol. The van der Waals surface area contributed by atoms with Gasteiger partial charge in [0.15, 0.2) is 0 Å². The maximum atomic E-state index is 4.50. The zero-order valence-electron chi connectivity index (χ0n) is 13.9. The van der Waals surface area contributed by atoms with E-state index in [1.165, 1.54) is 16.5 Å². The van der Waals surface area contributed by atoms with Crippen molar-refractivity contribution in [2.24, 2.45) is 0 Å². The molecule has 0 aliphatic rings. The summed E-state index contributed by atoms with van der Waals surface area (Å²) in [5.74, 6) is 1.49. The van der Waals surface area contributed by atoms with E-state index in [0.717, 1.165) is 18.8 Å². The van der Waals surface area contributed by atoms with Crippen molar-refractivity contribution in [2.45, 2.75) is 32.7 Å². The average Bonchev–Trinajstić information content (AvgIpc) is 2.89. The number of aromatic amines is 1. The lowest BCUT2D eigenvalue weighted by molar-refractivity contribution is 0.630. The SMILES string of the molecule is CC(C)(C)Nc1ccnc(NCCc2c[nH]c3ccccc23)n1. The van der Waals surface area contributed by atoms with E-state index in [9.17, 15) is 0 Å². The van der Waals surface area contributed by atoms with E-state index in [1.807, 2.05) is 12.1 Å². The van der Waals surface area contributed by atoms with Crippen molar-refractivity contribution in [1.82, 2.24) is 15.0 Å². The second kappa shape index (κ2) is 6.28. The van der Waals surface area contributed by atoms with Crippen LogP contribution in [0.15, 0.2) is 42.7 Å². The van der Waals surface area contributed by atoms with Crippen LogP contribution < -0.4 is 10.6 Å². The molecule has 0 atom stereocenters. The first-order valence-corrected chi connectivity index (χ1v) is 7.91. The Labute approximate surface area is 136 Å². The average molecular weight is 309 g/mol. The van der Waals surface area contributed by atoms with Crippen LogP contribution in [0.5, 0.6) is 0 Å². The van der Waals surface area contributed by atoms with Gasteiger partial charge in [-0.25, -0.2) is 4.98 Å². The monoisotopic (exact) mass is 309 g/mol. The van der Waals surface area contributed by atoms with Gasteiger partial charge < -0.3 is 15.6 Å². The molecule has 2 heterocycles. The summed E-state index contributed by atoms with van der Waals surface area (Å²) in [6.45, 7) is 7.12. The normalized spacial score (nSPS) is 11.6. The van der Waals surface area contributed by atoms with Crippen LogP contribution in [-0.4, -0.2) is 27.0 Å². The minimum atomic E-state index is -0.0182. The highest BCUT2D eigenvalue weighted by atomic mass is 15.1. The summed E-state index contributed by atoms with van der Waals surface area (Å²) < 4.78 is 0. The maximum absolute atomic E-state index is 4.50. The molecule has 0 aliphatic carbocycles. The number of nitrogens with one attached hydrogen (secondary N) is 3. The third-order valence-electron chi connectivity index (χ3n) is 3.51. The quantitative estimate of drug-likeness (QED) is 0.670. The highest BCUT2D eigenvalue weighted by Gasteiger charge is 2.10. The molecule has 23 heavy (non-hydrogen) atoms. The summed E-state index contributed by atoms with van der Waals surface area (Å²) in [4.78, 5) is 12.1. The molecule has 0 unspecified atom stereocenters. The highest BCUT2D eigenvalue weighted by molar-refractivity contribution is 5.83. The molecule has 0 bridgehead atoms. The Balaban J connectivity index is 1.61. The van der Waals surface area contributed by atoms with Crippen molar-refractivity contribution in [2.75, 3.05) is 17.2 Å². The molecule has 0 radical (unpaired) electrons. The number of fused-ring (bicyclic) bond motifs is 1. The van der Waals surface area contributed by atoms with Gasteiger partial charge in [0.05, 0.1) is 0 Å². The van der Waals surface area contributed by atoms with E-state index >= 15 is 0 Å². The van der Waals surface area contributed by atoms with Crippen LogP contribution >= 0.6 is 0 Å². The van der Waals surface area contributed by atoms with Crippen molar-refractivity contribution in [3.63, 3.8) is 0 Å². The van der Waals surface area contributed by atoms with E-state index in [-0.39, 0.29) is 5.54 Å². The van der Waals surface area contributed by atoms with Gasteiger partial charge in [-0.1, -0.05) is 18.2 Å². The van der Waals surface area contributed by atoms with Crippen LogP contribution in [0.2, 0.25) is 0 Å². The molecular weight excluding hydrogens is 286 g/mol.